The molecule has 0 aliphatic heterocycles. The van der Waals surface area contributed by atoms with Gasteiger partial charge in [-0.05, 0) is 40.5 Å². The molecular formula is C15H27N3O2. The van der Waals surface area contributed by atoms with Gasteiger partial charge in [0.2, 0.25) is 5.91 Å². The highest BCUT2D eigenvalue weighted by Crippen LogP contribution is 2.21. The van der Waals surface area contributed by atoms with Crippen molar-refractivity contribution in [1.82, 2.24) is 10.5 Å². The first-order valence-corrected chi connectivity index (χ1v) is 7.31. The molecule has 1 heterocycles. The summed E-state index contributed by atoms with van der Waals surface area (Å²) in [5.74, 6) is 0.832. The lowest BCUT2D eigenvalue weighted by Gasteiger charge is -2.18. The Morgan fingerprint density at radius 1 is 1.30 bits per heavy atom. The van der Waals surface area contributed by atoms with Crippen LogP contribution < -0.4 is 11.1 Å². The maximum Gasteiger partial charge on any atom is 0.223 e. The molecule has 1 rings (SSSR count). The van der Waals surface area contributed by atoms with E-state index in [9.17, 15) is 4.79 Å². The van der Waals surface area contributed by atoms with Crippen LogP contribution in [0.15, 0.2) is 4.52 Å². The Balaban J connectivity index is 2.49. The highest BCUT2D eigenvalue weighted by atomic mass is 16.5. The number of hydrogen-bond acceptors (Lipinski definition) is 4. The van der Waals surface area contributed by atoms with Crippen LogP contribution in [-0.4, -0.2) is 17.1 Å². The highest BCUT2D eigenvalue weighted by Gasteiger charge is 2.20. The summed E-state index contributed by atoms with van der Waals surface area (Å²) in [6.45, 7) is 9.66. The third kappa shape index (κ3) is 4.63. The van der Waals surface area contributed by atoms with Crippen molar-refractivity contribution in [3.8, 4) is 0 Å². The van der Waals surface area contributed by atoms with E-state index in [0.717, 1.165) is 36.3 Å². The van der Waals surface area contributed by atoms with Gasteiger partial charge in [0, 0.05) is 17.5 Å². The summed E-state index contributed by atoms with van der Waals surface area (Å²) in [6.07, 6.45) is 2.80. The van der Waals surface area contributed by atoms with Gasteiger partial charge in [-0.2, -0.15) is 0 Å². The SMILES string of the molecule is Cc1noc(C)c1C(C)NC(=O)C(C)CCCC(C)N. The number of rotatable bonds is 7. The Morgan fingerprint density at radius 2 is 1.95 bits per heavy atom. The molecule has 0 saturated heterocycles. The fourth-order valence-electron chi connectivity index (χ4n) is 2.41. The lowest BCUT2D eigenvalue weighted by molar-refractivity contribution is -0.125. The van der Waals surface area contributed by atoms with Crippen LogP contribution >= 0.6 is 0 Å². The van der Waals surface area contributed by atoms with Gasteiger partial charge in [0.15, 0.2) is 0 Å². The fraction of sp³-hybridized carbons (Fsp3) is 0.733. The predicted octanol–water partition coefficient (Wildman–Crippen LogP) is 2.62. The van der Waals surface area contributed by atoms with Gasteiger partial charge in [-0.3, -0.25) is 4.79 Å². The molecule has 0 bridgehead atoms. The lowest BCUT2D eigenvalue weighted by atomic mass is 10.00. The van der Waals surface area contributed by atoms with Gasteiger partial charge in [0.05, 0.1) is 11.7 Å². The Bertz CT molecular complexity index is 421. The van der Waals surface area contributed by atoms with E-state index in [0.29, 0.717) is 0 Å². The van der Waals surface area contributed by atoms with E-state index in [-0.39, 0.29) is 23.9 Å². The predicted molar refractivity (Wildman–Crippen MR) is 79.2 cm³/mol. The molecule has 1 aromatic rings. The Labute approximate surface area is 121 Å². The number of amides is 1. The Kier molecular flexibility index (Phi) is 6.20. The number of nitrogens with one attached hydrogen (secondary N) is 1. The van der Waals surface area contributed by atoms with Crippen molar-refractivity contribution in [2.24, 2.45) is 11.7 Å². The Morgan fingerprint density at radius 3 is 2.45 bits per heavy atom. The summed E-state index contributed by atoms with van der Waals surface area (Å²) in [6, 6.07) is 0.121. The standard InChI is InChI=1S/C15H27N3O2/c1-9(7-6-8-10(2)16)15(19)17-11(3)14-12(4)18-20-13(14)5/h9-11H,6-8,16H2,1-5H3,(H,17,19). The molecule has 0 spiro atoms. The molecule has 5 heteroatoms. The number of nitrogens with zero attached hydrogens (tertiary/aromatic N) is 1. The second-order valence-corrected chi connectivity index (χ2v) is 5.78. The zero-order valence-electron chi connectivity index (χ0n) is 13.2. The van der Waals surface area contributed by atoms with Gasteiger partial charge in [-0.1, -0.05) is 18.5 Å². The first-order chi connectivity index (χ1) is 9.32. The number of carbonyl (C=O) groups excluding carboxylic acids is 1. The minimum Gasteiger partial charge on any atom is -0.361 e. The van der Waals surface area contributed by atoms with Gasteiger partial charge >= 0.3 is 0 Å². The van der Waals surface area contributed by atoms with Gasteiger partial charge in [-0.15, -0.1) is 0 Å². The fourth-order valence-corrected chi connectivity index (χ4v) is 2.41. The summed E-state index contributed by atoms with van der Waals surface area (Å²) in [5.41, 5.74) is 7.52. The minimum absolute atomic E-state index is 0.00308. The smallest absolute Gasteiger partial charge is 0.223 e. The summed E-state index contributed by atoms with van der Waals surface area (Å²) in [5, 5.41) is 6.95. The molecular weight excluding hydrogens is 254 g/mol. The normalized spacial score (nSPS) is 15.7. The second-order valence-electron chi connectivity index (χ2n) is 5.78. The van der Waals surface area contributed by atoms with Crippen molar-refractivity contribution in [2.45, 2.75) is 66.0 Å². The number of aryl methyl sites for hydroxylation is 2. The van der Waals surface area contributed by atoms with Crippen LogP contribution in [0.1, 0.15) is 63.1 Å². The first-order valence-electron chi connectivity index (χ1n) is 7.31. The van der Waals surface area contributed by atoms with Crippen LogP contribution in [0.3, 0.4) is 0 Å². The van der Waals surface area contributed by atoms with Gasteiger partial charge in [0.25, 0.3) is 0 Å². The van der Waals surface area contributed by atoms with E-state index >= 15 is 0 Å². The van der Waals surface area contributed by atoms with Gasteiger partial charge in [0.1, 0.15) is 5.76 Å². The van der Waals surface area contributed by atoms with Crippen LogP contribution in [0.2, 0.25) is 0 Å². The molecule has 5 nitrogen and oxygen atoms in total. The first kappa shape index (κ1) is 16.7. The molecule has 0 fully saturated rings. The maximum atomic E-state index is 12.2. The van der Waals surface area contributed by atoms with Crippen LogP contribution in [-0.2, 0) is 4.79 Å². The van der Waals surface area contributed by atoms with Crippen molar-refractivity contribution in [3.63, 3.8) is 0 Å². The molecule has 0 aromatic carbocycles. The molecule has 114 valence electrons. The zero-order valence-corrected chi connectivity index (χ0v) is 13.2. The van der Waals surface area contributed by atoms with Crippen LogP contribution in [0.25, 0.3) is 0 Å². The highest BCUT2D eigenvalue weighted by molar-refractivity contribution is 5.78. The van der Waals surface area contributed by atoms with E-state index in [1.54, 1.807) is 0 Å². The molecule has 0 aliphatic rings. The molecule has 0 saturated carbocycles. The topological polar surface area (TPSA) is 81.2 Å². The maximum absolute atomic E-state index is 12.2. The lowest BCUT2D eigenvalue weighted by Crippen LogP contribution is -2.32. The van der Waals surface area contributed by atoms with E-state index in [1.165, 1.54) is 0 Å². The Hall–Kier alpha value is -1.36. The molecule has 20 heavy (non-hydrogen) atoms. The summed E-state index contributed by atoms with van der Waals surface area (Å²) < 4.78 is 5.13. The van der Waals surface area contributed by atoms with Crippen molar-refractivity contribution in [2.75, 3.05) is 0 Å². The van der Waals surface area contributed by atoms with Gasteiger partial charge in [-0.25, -0.2) is 0 Å². The number of nitrogens with two attached hydrogens (primary N) is 1. The number of aromatic nitrogens is 1. The third-order valence-corrected chi connectivity index (χ3v) is 3.62. The van der Waals surface area contributed by atoms with Gasteiger partial charge < -0.3 is 15.6 Å². The zero-order chi connectivity index (χ0) is 15.3. The summed E-state index contributed by atoms with van der Waals surface area (Å²) in [4.78, 5) is 12.2. The average Bonchev–Trinajstić information content (AvgIpc) is 2.68. The molecule has 1 aromatic heterocycles. The van der Waals surface area contributed by atoms with Crippen LogP contribution in [0.5, 0.6) is 0 Å². The molecule has 1 amide bonds. The summed E-state index contributed by atoms with van der Waals surface area (Å²) in [7, 11) is 0. The molecule has 3 atom stereocenters. The largest absolute Gasteiger partial charge is 0.361 e. The molecule has 3 unspecified atom stereocenters. The number of hydrogen-bond donors (Lipinski definition) is 2. The number of carbonyl (C=O) groups is 1. The van der Waals surface area contributed by atoms with Crippen LogP contribution in [0.4, 0.5) is 0 Å². The van der Waals surface area contributed by atoms with Crippen molar-refractivity contribution >= 4 is 5.91 Å². The van der Waals surface area contributed by atoms with E-state index in [1.807, 2.05) is 34.6 Å². The summed E-state index contributed by atoms with van der Waals surface area (Å²) >= 11 is 0. The van der Waals surface area contributed by atoms with Crippen LogP contribution in [0, 0.1) is 19.8 Å². The minimum atomic E-state index is -0.0790. The molecule has 0 radical (unpaired) electrons. The third-order valence-electron chi connectivity index (χ3n) is 3.62. The average molecular weight is 281 g/mol. The van der Waals surface area contributed by atoms with Crippen molar-refractivity contribution in [1.29, 1.82) is 0 Å². The van der Waals surface area contributed by atoms with E-state index in [2.05, 4.69) is 10.5 Å². The van der Waals surface area contributed by atoms with Crippen molar-refractivity contribution in [3.05, 3.63) is 17.0 Å². The van der Waals surface area contributed by atoms with E-state index < -0.39 is 0 Å². The monoisotopic (exact) mass is 281 g/mol. The second kappa shape index (κ2) is 7.43. The quantitative estimate of drug-likeness (QED) is 0.805. The van der Waals surface area contributed by atoms with E-state index in [4.69, 9.17) is 10.3 Å². The molecule has 3 N–H and O–H groups in total. The van der Waals surface area contributed by atoms with Crippen molar-refractivity contribution < 1.29 is 9.32 Å². The molecule has 0 aliphatic carbocycles.